The molecule has 0 bridgehead atoms. The highest BCUT2D eigenvalue weighted by Gasteiger charge is 2.18. The Morgan fingerprint density at radius 2 is 1.90 bits per heavy atom. The number of carbonyl (C=O) groups excluding carboxylic acids is 1. The van der Waals surface area contributed by atoms with E-state index in [1.165, 1.54) is 11.8 Å². The van der Waals surface area contributed by atoms with Gasteiger partial charge < -0.3 is 14.8 Å². The van der Waals surface area contributed by atoms with Gasteiger partial charge in [0.1, 0.15) is 0 Å². The van der Waals surface area contributed by atoms with E-state index >= 15 is 0 Å². The second kappa shape index (κ2) is 9.79. The first kappa shape index (κ1) is 20.5. The summed E-state index contributed by atoms with van der Waals surface area (Å²) in [6, 6.07) is 15.3. The number of nitrogens with zero attached hydrogens (tertiary/aromatic N) is 3. The van der Waals surface area contributed by atoms with E-state index in [1.54, 1.807) is 20.3 Å². The highest BCUT2D eigenvalue weighted by Crippen LogP contribution is 2.33. The number of methoxy groups -OCH3 is 2. The molecule has 1 aromatic heterocycles. The second-order valence-corrected chi connectivity index (χ2v) is 6.87. The van der Waals surface area contributed by atoms with E-state index in [1.807, 2.05) is 53.1 Å². The molecule has 0 aliphatic heterocycles. The molecule has 0 aliphatic carbocycles. The monoisotopic (exact) mass is 410 g/mol. The summed E-state index contributed by atoms with van der Waals surface area (Å²) in [5, 5.41) is 12.1. The summed E-state index contributed by atoms with van der Waals surface area (Å²) in [6.07, 6.45) is 1.64. The van der Waals surface area contributed by atoms with Gasteiger partial charge in [-0.15, -0.1) is 16.8 Å². The van der Waals surface area contributed by atoms with Crippen molar-refractivity contribution in [3.63, 3.8) is 0 Å². The molecule has 7 nitrogen and oxygen atoms in total. The summed E-state index contributed by atoms with van der Waals surface area (Å²) in [4.78, 5) is 12.0. The van der Waals surface area contributed by atoms with Gasteiger partial charge in [0, 0.05) is 18.2 Å². The van der Waals surface area contributed by atoms with E-state index in [4.69, 9.17) is 9.47 Å². The molecule has 150 valence electrons. The van der Waals surface area contributed by atoms with E-state index < -0.39 is 0 Å². The van der Waals surface area contributed by atoms with Crippen molar-refractivity contribution < 1.29 is 14.3 Å². The van der Waals surface area contributed by atoms with Crippen LogP contribution in [0.1, 0.15) is 0 Å². The van der Waals surface area contributed by atoms with Crippen molar-refractivity contribution in [3.05, 3.63) is 61.2 Å². The molecular weight excluding hydrogens is 388 g/mol. The van der Waals surface area contributed by atoms with Crippen LogP contribution in [0, 0.1) is 0 Å². The Morgan fingerprint density at radius 1 is 1.14 bits per heavy atom. The fourth-order valence-electron chi connectivity index (χ4n) is 2.70. The average molecular weight is 410 g/mol. The van der Waals surface area contributed by atoms with E-state index in [0.717, 1.165) is 11.3 Å². The Bertz CT molecular complexity index is 989. The molecule has 1 heterocycles. The predicted octanol–water partition coefficient (Wildman–Crippen LogP) is 3.35. The first-order valence-electron chi connectivity index (χ1n) is 8.91. The maximum absolute atomic E-state index is 12.0. The van der Waals surface area contributed by atoms with Crippen LogP contribution in [0.4, 0.5) is 0 Å². The average Bonchev–Trinajstić information content (AvgIpc) is 3.20. The van der Waals surface area contributed by atoms with Gasteiger partial charge in [0.15, 0.2) is 22.5 Å². The van der Waals surface area contributed by atoms with E-state index in [0.29, 0.717) is 29.0 Å². The zero-order valence-corrected chi connectivity index (χ0v) is 17.1. The van der Waals surface area contributed by atoms with Crippen molar-refractivity contribution in [2.75, 3.05) is 26.5 Å². The third kappa shape index (κ3) is 4.78. The summed E-state index contributed by atoms with van der Waals surface area (Å²) < 4.78 is 12.7. The summed E-state index contributed by atoms with van der Waals surface area (Å²) in [5.74, 6) is 2.01. The van der Waals surface area contributed by atoms with Crippen LogP contribution in [0.2, 0.25) is 0 Å². The lowest BCUT2D eigenvalue weighted by Crippen LogP contribution is -2.25. The molecule has 2 aromatic carbocycles. The van der Waals surface area contributed by atoms with E-state index in [-0.39, 0.29) is 11.7 Å². The Kier molecular flexibility index (Phi) is 6.91. The van der Waals surface area contributed by atoms with Gasteiger partial charge in [-0.2, -0.15) is 0 Å². The van der Waals surface area contributed by atoms with Gasteiger partial charge in [-0.05, 0) is 12.1 Å². The van der Waals surface area contributed by atoms with Crippen molar-refractivity contribution in [1.82, 2.24) is 20.1 Å². The van der Waals surface area contributed by atoms with Crippen LogP contribution < -0.4 is 14.8 Å². The lowest BCUT2D eigenvalue weighted by Gasteiger charge is -2.13. The van der Waals surface area contributed by atoms with Crippen LogP contribution in [0.25, 0.3) is 17.1 Å². The number of benzene rings is 2. The number of nitrogens with one attached hydrogen (secondary N) is 1. The molecule has 0 saturated carbocycles. The number of aromatic nitrogens is 3. The minimum Gasteiger partial charge on any atom is -0.493 e. The molecule has 0 radical (unpaired) electrons. The largest absolute Gasteiger partial charge is 0.493 e. The third-order valence-electron chi connectivity index (χ3n) is 4.07. The molecule has 1 N–H and O–H groups in total. The molecule has 8 heteroatoms. The van der Waals surface area contributed by atoms with Crippen LogP contribution in [-0.4, -0.2) is 47.2 Å². The zero-order chi connectivity index (χ0) is 20.6. The predicted molar refractivity (Wildman–Crippen MR) is 114 cm³/mol. The molecule has 0 aliphatic rings. The Morgan fingerprint density at radius 3 is 2.59 bits per heavy atom. The number of hydrogen-bond donors (Lipinski definition) is 1. The summed E-state index contributed by atoms with van der Waals surface area (Å²) in [7, 11) is 3.18. The van der Waals surface area contributed by atoms with Crippen molar-refractivity contribution in [2.24, 2.45) is 0 Å². The van der Waals surface area contributed by atoms with Crippen molar-refractivity contribution in [1.29, 1.82) is 0 Å². The zero-order valence-electron chi connectivity index (χ0n) is 16.3. The molecule has 3 aromatic rings. The lowest BCUT2D eigenvalue weighted by atomic mass is 10.2. The second-order valence-electron chi connectivity index (χ2n) is 5.93. The third-order valence-corrected chi connectivity index (χ3v) is 5.00. The van der Waals surface area contributed by atoms with Crippen LogP contribution in [-0.2, 0) is 4.79 Å². The molecule has 0 unspecified atom stereocenters. The summed E-state index contributed by atoms with van der Waals surface area (Å²) >= 11 is 1.31. The number of amides is 1. The molecule has 1 amide bonds. The topological polar surface area (TPSA) is 78.3 Å². The maximum Gasteiger partial charge on any atom is 0.230 e. The van der Waals surface area contributed by atoms with Gasteiger partial charge in [-0.3, -0.25) is 9.36 Å². The van der Waals surface area contributed by atoms with Gasteiger partial charge in [0.05, 0.1) is 25.7 Å². The van der Waals surface area contributed by atoms with Crippen LogP contribution >= 0.6 is 11.8 Å². The van der Waals surface area contributed by atoms with Crippen LogP contribution in [0.15, 0.2) is 66.3 Å². The summed E-state index contributed by atoms with van der Waals surface area (Å²) in [5.41, 5.74) is 1.72. The normalized spacial score (nSPS) is 10.4. The first-order chi connectivity index (χ1) is 14.2. The molecular formula is C21H22N4O3S. The van der Waals surface area contributed by atoms with Gasteiger partial charge in [0.25, 0.3) is 0 Å². The SMILES string of the molecule is C=CCNC(=O)CSc1nnc(-c2ccccc2)n1-c1ccc(OC)c(OC)c1. The summed E-state index contributed by atoms with van der Waals surface area (Å²) in [6.45, 7) is 4.03. The number of rotatable bonds is 9. The van der Waals surface area contributed by atoms with Gasteiger partial charge >= 0.3 is 0 Å². The van der Waals surface area contributed by atoms with Crippen molar-refractivity contribution in [2.45, 2.75) is 5.16 Å². The highest BCUT2D eigenvalue weighted by atomic mass is 32.2. The first-order valence-corrected chi connectivity index (χ1v) is 9.90. The molecule has 29 heavy (non-hydrogen) atoms. The lowest BCUT2D eigenvalue weighted by molar-refractivity contribution is -0.118. The fraction of sp³-hybridized carbons (Fsp3) is 0.190. The number of ether oxygens (including phenoxy) is 2. The standard InChI is InChI=1S/C21H22N4O3S/c1-4-12-22-19(26)14-29-21-24-23-20(15-8-6-5-7-9-15)25(21)16-10-11-17(27-2)18(13-16)28-3/h4-11,13H,1,12,14H2,2-3H3,(H,22,26). The quantitative estimate of drug-likeness (QED) is 0.431. The Labute approximate surface area is 173 Å². The minimum absolute atomic E-state index is 0.0991. The number of thioether (sulfide) groups is 1. The van der Waals surface area contributed by atoms with Crippen LogP contribution in [0.3, 0.4) is 0 Å². The Balaban J connectivity index is 2.01. The number of hydrogen-bond acceptors (Lipinski definition) is 6. The molecule has 0 fully saturated rings. The number of carbonyl (C=O) groups is 1. The molecule has 0 spiro atoms. The van der Waals surface area contributed by atoms with Gasteiger partial charge in [-0.1, -0.05) is 48.2 Å². The smallest absolute Gasteiger partial charge is 0.230 e. The van der Waals surface area contributed by atoms with Crippen molar-refractivity contribution >= 4 is 17.7 Å². The van der Waals surface area contributed by atoms with Crippen molar-refractivity contribution in [3.8, 4) is 28.6 Å². The van der Waals surface area contributed by atoms with Gasteiger partial charge in [-0.25, -0.2) is 0 Å². The van der Waals surface area contributed by atoms with Gasteiger partial charge in [0.2, 0.25) is 5.91 Å². The maximum atomic E-state index is 12.0. The van der Waals surface area contributed by atoms with Crippen LogP contribution in [0.5, 0.6) is 11.5 Å². The molecule has 0 saturated heterocycles. The highest BCUT2D eigenvalue weighted by molar-refractivity contribution is 7.99. The fourth-order valence-corrected chi connectivity index (χ4v) is 3.48. The molecule has 3 rings (SSSR count). The Hall–Kier alpha value is -3.26. The minimum atomic E-state index is -0.0991. The van der Waals surface area contributed by atoms with E-state index in [2.05, 4.69) is 22.1 Å². The van der Waals surface area contributed by atoms with E-state index in [9.17, 15) is 4.79 Å². The molecule has 0 atom stereocenters.